The topological polar surface area (TPSA) is 108 Å². The lowest BCUT2D eigenvalue weighted by molar-refractivity contribution is -0.136. The van der Waals surface area contributed by atoms with E-state index in [0.29, 0.717) is 29.1 Å². The van der Waals surface area contributed by atoms with Gasteiger partial charge in [-0.3, -0.25) is 29.4 Å². The average Bonchev–Trinajstić information content (AvgIpc) is 3.24. The van der Waals surface area contributed by atoms with E-state index in [-0.39, 0.29) is 18.7 Å². The number of nitrogens with one attached hydrogen (secondary N) is 3. The van der Waals surface area contributed by atoms with Gasteiger partial charge >= 0.3 is 0 Å². The van der Waals surface area contributed by atoms with E-state index in [4.69, 9.17) is 0 Å². The van der Waals surface area contributed by atoms with Gasteiger partial charge in [-0.25, -0.2) is 0 Å². The van der Waals surface area contributed by atoms with E-state index in [1.165, 1.54) is 25.7 Å². The minimum atomic E-state index is -0.931. The van der Waals surface area contributed by atoms with Crippen molar-refractivity contribution in [1.29, 1.82) is 0 Å². The van der Waals surface area contributed by atoms with E-state index < -0.39 is 23.8 Å². The molecule has 0 bridgehead atoms. The first kappa shape index (κ1) is 19.4. The van der Waals surface area contributed by atoms with Gasteiger partial charge < -0.3 is 10.6 Å². The molecule has 3 fully saturated rings. The highest BCUT2D eigenvalue weighted by molar-refractivity contribution is 6.24. The van der Waals surface area contributed by atoms with Crippen LogP contribution in [0.5, 0.6) is 0 Å². The first-order chi connectivity index (χ1) is 14.5. The molecule has 8 nitrogen and oxygen atoms in total. The van der Waals surface area contributed by atoms with Gasteiger partial charge in [0.15, 0.2) is 0 Å². The summed E-state index contributed by atoms with van der Waals surface area (Å²) < 4.78 is 0. The highest BCUT2D eigenvalue weighted by atomic mass is 16.2. The quantitative estimate of drug-likeness (QED) is 0.617. The van der Waals surface area contributed by atoms with E-state index in [9.17, 15) is 19.2 Å². The Morgan fingerprint density at radius 3 is 2.67 bits per heavy atom. The predicted molar refractivity (Wildman–Crippen MR) is 108 cm³/mol. The maximum atomic E-state index is 13.1. The van der Waals surface area contributed by atoms with E-state index in [2.05, 4.69) is 16.0 Å². The Labute approximate surface area is 174 Å². The third-order valence-corrected chi connectivity index (χ3v) is 7.06. The van der Waals surface area contributed by atoms with Crippen LogP contribution in [0, 0.1) is 5.92 Å². The SMILES string of the molecule is O=C1CCC(N2C(=O)c3cccc(CNCC4CNC5(CCC5)C4)c3C2=O)C(=O)N1. The Bertz CT molecular complexity index is 939. The van der Waals surface area contributed by atoms with Crippen LogP contribution in [0.3, 0.4) is 0 Å². The van der Waals surface area contributed by atoms with Crippen LogP contribution in [0.25, 0.3) is 0 Å². The summed E-state index contributed by atoms with van der Waals surface area (Å²) in [6.07, 6.45) is 5.32. The number of piperidine rings is 1. The highest BCUT2D eigenvalue weighted by Crippen LogP contribution is 2.40. The fraction of sp³-hybridized carbons (Fsp3) is 0.545. The lowest BCUT2D eigenvalue weighted by Crippen LogP contribution is -2.54. The lowest BCUT2D eigenvalue weighted by Gasteiger charge is -2.38. The molecule has 0 aromatic heterocycles. The second-order valence-corrected chi connectivity index (χ2v) is 9.00. The summed E-state index contributed by atoms with van der Waals surface area (Å²) >= 11 is 0. The van der Waals surface area contributed by atoms with E-state index >= 15 is 0 Å². The number of amides is 4. The van der Waals surface area contributed by atoms with Crippen molar-refractivity contribution in [3.8, 4) is 0 Å². The number of rotatable bonds is 5. The molecule has 3 aliphatic heterocycles. The highest BCUT2D eigenvalue weighted by Gasteiger charge is 2.46. The van der Waals surface area contributed by atoms with Crippen molar-refractivity contribution in [1.82, 2.24) is 20.9 Å². The van der Waals surface area contributed by atoms with E-state index in [0.717, 1.165) is 23.6 Å². The monoisotopic (exact) mass is 410 g/mol. The molecule has 5 rings (SSSR count). The van der Waals surface area contributed by atoms with Gasteiger partial charge in [0.1, 0.15) is 6.04 Å². The summed E-state index contributed by atoms with van der Waals surface area (Å²) in [6, 6.07) is 4.33. The van der Waals surface area contributed by atoms with Crippen LogP contribution in [0.15, 0.2) is 18.2 Å². The zero-order valence-corrected chi connectivity index (χ0v) is 16.8. The zero-order chi connectivity index (χ0) is 20.9. The maximum absolute atomic E-state index is 13.1. The molecule has 3 heterocycles. The molecule has 1 aliphatic carbocycles. The predicted octanol–water partition coefficient (Wildman–Crippen LogP) is 0.710. The van der Waals surface area contributed by atoms with Gasteiger partial charge in [-0.2, -0.15) is 0 Å². The molecule has 8 heteroatoms. The molecule has 1 aromatic rings. The minimum Gasteiger partial charge on any atom is -0.312 e. The molecule has 30 heavy (non-hydrogen) atoms. The van der Waals surface area contributed by atoms with Gasteiger partial charge in [-0.15, -0.1) is 0 Å². The van der Waals surface area contributed by atoms with Crippen molar-refractivity contribution in [3.05, 3.63) is 34.9 Å². The molecule has 1 saturated carbocycles. The molecule has 3 N–H and O–H groups in total. The second kappa shape index (κ2) is 7.28. The van der Waals surface area contributed by atoms with Gasteiger partial charge in [0.05, 0.1) is 11.1 Å². The number of imide groups is 2. The van der Waals surface area contributed by atoms with Crippen molar-refractivity contribution in [2.45, 2.75) is 56.7 Å². The smallest absolute Gasteiger partial charge is 0.262 e. The van der Waals surface area contributed by atoms with Crippen LogP contribution in [-0.2, 0) is 16.1 Å². The minimum absolute atomic E-state index is 0.120. The molecule has 158 valence electrons. The average molecular weight is 410 g/mol. The Balaban J connectivity index is 1.27. The van der Waals surface area contributed by atoms with Crippen molar-refractivity contribution in [2.24, 2.45) is 5.92 Å². The zero-order valence-electron chi connectivity index (χ0n) is 16.8. The van der Waals surface area contributed by atoms with Crippen molar-refractivity contribution in [2.75, 3.05) is 13.1 Å². The maximum Gasteiger partial charge on any atom is 0.262 e. The molecule has 2 atom stereocenters. The Hall–Kier alpha value is -2.58. The first-order valence-corrected chi connectivity index (χ1v) is 10.8. The largest absolute Gasteiger partial charge is 0.312 e. The molecular formula is C22H26N4O4. The van der Waals surface area contributed by atoms with Crippen LogP contribution in [0.2, 0.25) is 0 Å². The van der Waals surface area contributed by atoms with Crippen LogP contribution in [-0.4, -0.2) is 53.2 Å². The summed E-state index contributed by atoms with van der Waals surface area (Å²) in [5, 5.41) is 9.35. The van der Waals surface area contributed by atoms with Gasteiger partial charge in [-0.05, 0) is 62.7 Å². The fourth-order valence-electron chi connectivity index (χ4n) is 5.33. The van der Waals surface area contributed by atoms with Crippen LogP contribution < -0.4 is 16.0 Å². The number of hydrogen-bond acceptors (Lipinski definition) is 6. The van der Waals surface area contributed by atoms with Crippen LogP contribution >= 0.6 is 0 Å². The summed E-state index contributed by atoms with van der Waals surface area (Å²) in [5.74, 6) is -1.29. The van der Waals surface area contributed by atoms with E-state index in [1.54, 1.807) is 12.1 Å². The van der Waals surface area contributed by atoms with E-state index in [1.807, 2.05) is 6.07 Å². The molecule has 2 unspecified atom stereocenters. The number of carbonyl (C=O) groups excluding carboxylic acids is 4. The standard InChI is InChI=1S/C22H26N4O4/c27-17-6-5-16(19(28)25-17)26-20(29)15-4-1-3-14(18(15)21(26)30)12-23-10-13-9-22(24-11-13)7-2-8-22/h1,3-4,13,16,23-24H,2,5-12H2,(H,25,27,28). The summed E-state index contributed by atoms with van der Waals surface area (Å²) in [7, 11) is 0. The fourth-order valence-corrected chi connectivity index (χ4v) is 5.33. The lowest BCUT2D eigenvalue weighted by atomic mass is 9.74. The molecule has 2 saturated heterocycles. The Morgan fingerprint density at radius 1 is 1.13 bits per heavy atom. The third kappa shape index (κ3) is 3.15. The molecular weight excluding hydrogens is 384 g/mol. The summed E-state index contributed by atoms with van der Waals surface area (Å²) in [4.78, 5) is 50.7. The Morgan fingerprint density at radius 2 is 1.97 bits per heavy atom. The second-order valence-electron chi connectivity index (χ2n) is 9.00. The molecule has 1 spiro atoms. The third-order valence-electron chi connectivity index (χ3n) is 7.06. The van der Waals surface area contributed by atoms with Gasteiger partial charge in [-0.1, -0.05) is 12.1 Å². The summed E-state index contributed by atoms with van der Waals surface area (Å²) in [5.41, 5.74) is 1.84. The van der Waals surface area contributed by atoms with Gasteiger partial charge in [0, 0.05) is 18.5 Å². The van der Waals surface area contributed by atoms with Crippen LogP contribution in [0.4, 0.5) is 0 Å². The Kier molecular flexibility index (Phi) is 4.71. The molecule has 1 aromatic carbocycles. The van der Waals surface area contributed by atoms with Crippen LogP contribution in [0.1, 0.15) is 64.8 Å². The number of fused-ring (bicyclic) bond motifs is 1. The number of nitrogens with zero attached hydrogens (tertiary/aromatic N) is 1. The van der Waals surface area contributed by atoms with Crippen molar-refractivity contribution < 1.29 is 19.2 Å². The first-order valence-electron chi connectivity index (χ1n) is 10.8. The number of hydrogen-bond donors (Lipinski definition) is 3. The van der Waals surface area contributed by atoms with Gasteiger partial charge in [0.25, 0.3) is 11.8 Å². The number of benzene rings is 1. The number of carbonyl (C=O) groups is 4. The normalized spacial score (nSPS) is 27.4. The van der Waals surface area contributed by atoms with Crippen molar-refractivity contribution in [3.63, 3.8) is 0 Å². The van der Waals surface area contributed by atoms with Crippen molar-refractivity contribution >= 4 is 23.6 Å². The molecule has 4 aliphatic rings. The molecule has 0 radical (unpaired) electrons. The summed E-state index contributed by atoms with van der Waals surface area (Å²) in [6.45, 7) is 2.37. The van der Waals surface area contributed by atoms with Gasteiger partial charge in [0.2, 0.25) is 11.8 Å². The molecule has 4 amide bonds.